The van der Waals surface area contributed by atoms with Gasteiger partial charge < -0.3 is 15.0 Å². The molecule has 0 aliphatic carbocycles. The smallest absolute Gasteiger partial charge is 0.120 e. The first kappa shape index (κ1) is 14.4. The normalized spacial score (nSPS) is 16.2. The van der Waals surface area contributed by atoms with Crippen LogP contribution in [0.3, 0.4) is 0 Å². The predicted molar refractivity (Wildman–Crippen MR) is 79.6 cm³/mol. The van der Waals surface area contributed by atoms with Gasteiger partial charge in [0, 0.05) is 19.6 Å². The molecule has 19 heavy (non-hydrogen) atoms. The Kier molecular flexibility index (Phi) is 5.67. The second-order valence-corrected chi connectivity index (χ2v) is 5.54. The van der Waals surface area contributed by atoms with Gasteiger partial charge >= 0.3 is 0 Å². The van der Waals surface area contributed by atoms with E-state index in [9.17, 15) is 0 Å². The molecule has 0 aromatic heterocycles. The minimum absolute atomic E-state index is 0.235. The van der Waals surface area contributed by atoms with Crippen molar-refractivity contribution in [3.05, 3.63) is 29.8 Å². The molecule has 0 radical (unpaired) electrons. The molecule has 1 aromatic rings. The molecule has 3 nitrogen and oxygen atoms in total. The molecule has 1 heterocycles. The lowest BCUT2D eigenvalue weighted by atomic mass is 10.2. The van der Waals surface area contributed by atoms with E-state index in [0.717, 1.165) is 18.8 Å². The highest BCUT2D eigenvalue weighted by Gasteiger charge is 2.09. The van der Waals surface area contributed by atoms with E-state index in [1.165, 1.54) is 38.0 Å². The van der Waals surface area contributed by atoms with E-state index in [4.69, 9.17) is 4.74 Å². The molecule has 1 aliphatic rings. The summed E-state index contributed by atoms with van der Waals surface area (Å²) in [5.41, 5.74) is 1.29. The summed E-state index contributed by atoms with van der Waals surface area (Å²) < 4.78 is 5.71. The maximum atomic E-state index is 5.71. The van der Waals surface area contributed by atoms with E-state index in [1.54, 1.807) is 0 Å². The molecule has 0 unspecified atom stereocenters. The van der Waals surface area contributed by atoms with E-state index >= 15 is 0 Å². The maximum Gasteiger partial charge on any atom is 0.120 e. The Morgan fingerprint density at radius 2 is 2.05 bits per heavy atom. The summed E-state index contributed by atoms with van der Waals surface area (Å²) in [6.07, 6.45) is 2.97. The predicted octanol–water partition coefficient (Wildman–Crippen LogP) is 2.66. The van der Waals surface area contributed by atoms with Crippen LogP contribution >= 0.6 is 0 Å². The lowest BCUT2D eigenvalue weighted by Gasteiger charge is -2.15. The molecule has 1 fully saturated rings. The Labute approximate surface area is 116 Å². The van der Waals surface area contributed by atoms with Crippen molar-refractivity contribution in [2.24, 2.45) is 0 Å². The first-order valence-electron chi connectivity index (χ1n) is 7.43. The third kappa shape index (κ3) is 5.21. The highest BCUT2D eigenvalue weighted by atomic mass is 16.5. The average Bonchev–Trinajstić information content (AvgIpc) is 2.87. The lowest BCUT2D eigenvalue weighted by Crippen LogP contribution is -2.29. The molecule has 0 atom stereocenters. The molecule has 1 aliphatic heterocycles. The van der Waals surface area contributed by atoms with Gasteiger partial charge in [-0.05, 0) is 57.5 Å². The number of nitrogens with one attached hydrogen (secondary N) is 1. The van der Waals surface area contributed by atoms with Crippen LogP contribution in [0.2, 0.25) is 0 Å². The monoisotopic (exact) mass is 262 g/mol. The van der Waals surface area contributed by atoms with Gasteiger partial charge in [-0.3, -0.25) is 0 Å². The van der Waals surface area contributed by atoms with Crippen LogP contribution in [0.4, 0.5) is 0 Å². The SMILES string of the molecule is CC(C)Oc1cccc(CNCCN2CCCC2)c1. The summed E-state index contributed by atoms with van der Waals surface area (Å²) in [6, 6.07) is 8.36. The fourth-order valence-corrected chi connectivity index (χ4v) is 2.48. The quantitative estimate of drug-likeness (QED) is 0.765. The van der Waals surface area contributed by atoms with Crippen molar-refractivity contribution in [3.8, 4) is 5.75 Å². The zero-order valence-electron chi connectivity index (χ0n) is 12.2. The van der Waals surface area contributed by atoms with E-state index in [2.05, 4.69) is 42.3 Å². The molecular weight excluding hydrogens is 236 g/mol. The van der Waals surface area contributed by atoms with Gasteiger partial charge in [0.2, 0.25) is 0 Å². The van der Waals surface area contributed by atoms with Crippen molar-refractivity contribution in [3.63, 3.8) is 0 Å². The lowest BCUT2D eigenvalue weighted by molar-refractivity contribution is 0.242. The first-order chi connectivity index (χ1) is 9.24. The Morgan fingerprint density at radius 1 is 1.26 bits per heavy atom. The van der Waals surface area contributed by atoms with Gasteiger partial charge in [0.25, 0.3) is 0 Å². The van der Waals surface area contributed by atoms with Crippen LogP contribution in [0.25, 0.3) is 0 Å². The second kappa shape index (κ2) is 7.51. The standard InChI is InChI=1S/C16H26N2O/c1-14(2)19-16-7-5-6-15(12-16)13-17-8-11-18-9-3-4-10-18/h5-7,12,14,17H,3-4,8-11,13H2,1-2H3. The van der Waals surface area contributed by atoms with Crippen molar-refractivity contribution < 1.29 is 4.74 Å². The van der Waals surface area contributed by atoms with Crippen LogP contribution in [-0.2, 0) is 6.54 Å². The molecule has 3 heteroatoms. The van der Waals surface area contributed by atoms with Gasteiger partial charge in [-0.25, -0.2) is 0 Å². The summed E-state index contributed by atoms with van der Waals surface area (Å²) in [5.74, 6) is 0.967. The summed E-state index contributed by atoms with van der Waals surface area (Å²) in [4.78, 5) is 2.53. The second-order valence-electron chi connectivity index (χ2n) is 5.54. The highest BCUT2D eigenvalue weighted by Crippen LogP contribution is 2.14. The molecular formula is C16H26N2O. The molecule has 0 spiro atoms. The summed E-state index contributed by atoms with van der Waals surface area (Å²) in [5, 5.41) is 3.51. The minimum atomic E-state index is 0.235. The largest absolute Gasteiger partial charge is 0.491 e. The summed E-state index contributed by atoms with van der Waals surface area (Å²) in [7, 11) is 0. The molecule has 1 N–H and O–H groups in total. The zero-order valence-corrected chi connectivity index (χ0v) is 12.2. The van der Waals surface area contributed by atoms with E-state index in [-0.39, 0.29) is 6.10 Å². The number of nitrogens with zero attached hydrogens (tertiary/aromatic N) is 1. The molecule has 0 amide bonds. The number of hydrogen-bond donors (Lipinski definition) is 1. The molecule has 1 aromatic carbocycles. The average molecular weight is 262 g/mol. The number of rotatable bonds is 7. The minimum Gasteiger partial charge on any atom is -0.491 e. The Bertz CT molecular complexity index is 373. The van der Waals surface area contributed by atoms with Crippen molar-refractivity contribution in [1.29, 1.82) is 0 Å². The van der Waals surface area contributed by atoms with E-state index < -0.39 is 0 Å². The Morgan fingerprint density at radius 3 is 2.79 bits per heavy atom. The van der Waals surface area contributed by atoms with Crippen LogP contribution in [0.15, 0.2) is 24.3 Å². The number of benzene rings is 1. The van der Waals surface area contributed by atoms with Crippen molar-refractivity contribution in [2.45, 2.75) is 39.3 Å². The maximum absolute atomic E-state index is 5.71. The first-order valence-corrected chi connectivity index (χ1v) is 7.43. The van der Waals surface area contributed by atoms with Gasteiger partial charge in [-0.15, -0.1) is 0 Å². The third-order valence-corrected chi connectivity index (χ3v) is 3.40. The van der Waals surface area contributed by atoms with Crippen molar-refractivity contribution >= 4 is 0 Å². The topological polar surface area (TPSA) is 24.5 Å². The van der Waals surface area contributed by atoms with Crippen LogP contribution in [0, 0.1) is 0 Å². The zero-order chi connectivity index (χ0) is 13.5. The summed E-state index contributed by atoms with van der Waals surface area (Å²) in [6.45, 7) is 9.82. The summed E-state index contributed by atoms with van der Waals surface area (Å²) >= 11 is 0. The highest BCUT2D eigenvalue weighted by molar-refractivity contribution is 5.28. The number of likely N-dealkylation sites (tertiary alicyclic amines) is 1. The van der Waals surface area contributed by atoms with Gasteiger partial charge in [-0.1, -0.05) is 12.1 Å². The Balaban J connectivity index is 1.69. The van der Waals surface area contributed by atoms with Gasteiger partial charge in [-0.2, -0.15) is 0 Å². The van der Waals surface area contributed by atoms with Crippen molar-refractivity contribution in [2.75, 3.05) is 26.2 Å². The van der Waals surface area contributed by atoms with Crippen LogP contribution in [0.5, 0.6) is 5.75 Å². The number of ether oxygens (including phenoxy) is 1. The molecule has 0 bridgehead atoms. The van der Waals surface area contributed by atoms with E-state index in [0.29, 0.717) is 0 Å². The van der Waals surface area contributed by atoms with Crippen LogP contribution in [-0.4, -0.2) is 37.2 Å². The molecule has 0 saturated carbocycles. The van der Waals surface area contributed by atoms with Gasteiger partial charge in [0.05, 0.1) is 6.10 Å². The fraction of sp³-hybridized carbons (Fsp3) is 0.625. The Hall–Kier alpha value is -1.06. The van der Waals surface area contributed by atoms with Crippen molar-refractivity contribution in [1.82, 2.24) is 10.2 Å². The third-order valence-electron chi connectivity index (χ3n) is 3.40. The van der Waals surface area contributed by atoms with Gasteiger partial charge in [0.15, 0.2) is 0 Å². The van der Waals surface area contributed by atoms with Crippen LogP contribution in [0.1, 0.15) is 32.3 Å². The molecule has 2 rings (SSSR count). The molecule has 106 valence electrons. The van der Waals surface area contributed by atoms with Gasteiger partial charge in [0.1, 0.15) is 5.75 Å². The number of hydrogen-bond acceptors (Lipinski definition) is 3. The molecule has 1 saturated heterocycles. The van der Waals surface area contributed by atoms with E-state index in [1.807, 2.05) is 6.07 Å². The fourth-order valence-electron chi connectivity index (χ4n) is 2.48. The van der Waals surface area contributed by atoms with Crippen LogP contribution < -0.4 is 10.1 Å².